The fraction of sp³-hybridized carbons (Fsp3) is 0.250. The number of carbonyl (C=O) groups excluding carboxylic acids is 2. The van der Waals surface area contributed by atoms with Crippen LogP contribution < -0.4 is 10.6 Å². The highest BCUT2D eigenvalue weighted by atomic mass is 79.9. The van der Waals surface area contributed by atoms with Crippen molar-refractivity contribution in [1.29, 1.82) is 0 Å². The van der Waals surface area contributed by atoms with Crippen LogP contribution in [0.3, 0.4) is 0 Å². The monoisotopic (exact) mass is 527 g/mol. The second kappa shape index (κ2) is 11.8. The molecule has 1 aromatic heterocycles. The van der Waals surface area contributed by atoms with Crippen molar-refractivity contribution < 1.29 is 9.59 Å². The molecule has 0 bridgehead atoms. The lowest BCUT2D eigenvalue weighted by Crippen LogP contribution is -2.25. The predicted octanol–water partition coefficient (Wildman–Crippen LogP) is 5.01. The van der Waals surface area contributed by atoms with Gasteiger partial charge >= 0.3 is 0 Å². The molecule has 0 saturated carbocycles. The van der Waals surface area contributed by atoms with Crippen LogP contribution in [0.2, 0.25) is 0 Å². The topological polar surface area (TPSA) is 88.9 Å². The van der Waals surface area contributed by atoms with Gasteiger partial charge in [0.25, 0.3) is 5.91 Å². The highest BCUT2D eigenvalue weighted by molar-refractivity contribution is 9.10. The maximum Gasteiger partial charge on any atom is 0.252 e. The molecule has 0 aliphatic carbocycles. The fourth-order valence-electron chi connectivity index (χ4n) is 3.05. The van der Waals surface area contributed by atoms with Crippen LogP contribution in [-0.4, -0.2) is 32.3 Å². The molecule has 7 nitrogen and oxygen atoms in total. The molecule has 2 amide bonds. The van der Waals surface area contributed by atoms with E-state index in [1.807, 2.05) is 41.0 Å². The van der Waals surface area contributed by atoms with E-state index in [1.54, 1.807) is 18.2 Å². The Kier molecular flexibility index (Phi) is 8.85. The summed E-state index contributed by atoms with van der Waals surface area (Å²) in [6, 6.07) is 15.1. The molecule has 3 aromatic rings. The van der Waals surface area contributed by atoms with Gasteiger partial charge in [-0.25, -0.2) is 0 Å². The quantitative estimate of drug-likeness (QED) is 0.285. The smallest absolute Gasteiger partial charge is 0.252 e. The average Bonchev–Trinajstić information content (AvgIpc) is 3.18. The van der Waals surface area contributed by atoms with Crippen LogP contribution in [0.15, 0.2) is 70.8 Å². The summed E-state index contributed by atoms with van der Waals surface area (Å²) in [5.74, 6) is 0.865. The van der Waals surface area contributed by atoms with Gasteiger partial charge in [0.1, 0.15) is 0 Å². The van der Waals surface area contributed by atoms with Gasteiger partial charge in [0, 0.05) is 16.7 Å². The van der Waals surface area contributed by atoms with Crippen molar-refractivity contribution in [1.82, 2.24) is 20.1 Å². The Morgan fingerprint density at radius 3 is 2.55 bits per heavy atom. The van der Waals surface area contributed by atoms with Gasteiger partial charge in [-0.1, -0.05) is 56.0 Å². The third kappa shape index (κ3) is 6.79. The second-order valence-electron chi connectivity index (χ2n) is 7.57. The minimum Gasteiger partial charge on any atom is -0.345 e. The first-order valence-corrected chi connectivity index (χ1v) is 12.2. The molecule has 0 fully saturated rings. The van der Waals surface area contributed by atoms with Crippen molar-refractivity contribution in [3.05, 3.63) is 82.6 Å². The Hall–Kier alpha value is -2.91. The summed E-state index contributed by atoms with van der Waals surface area (Å²) in [5, 5.41) is 14.8. The first kappa shape index (κ1) is 24.7. The number of hydrogen-bond acceptors (Lipinski definition) is 5. The fourth-order valence-corrected chi connectivity index (χ4v) is 4.28. The van der Waals surface area contributed by atoms with Gasteiger partial charge in [0.05, 0.1) is 17.9 Å². The molecule has 2 N–H and O–H groups in total. The number of nitrogens with one attached hydrogen (secondary N) is 2. The molecule has 0 aliphatic rings. The highest BCUT2D eigenvalue weighted by Crippen LogP contribution is 2.20. The zero-order chi connectivity index (χ0) is 23.8. The number of benzene rings is 2. The van der Waals surface area contributed by atoms with Crippen molar-refractivity contribution in [2.75, 3.05) is 11.1 Å². The SMILES string of the molecule is C=CCn1c(CNC(=O)c2ccccc2Br)nnc1SCC(=O)Nc1ccc(C(C)C)cc1. The van der Waals surface area contributed by atoms with E-state index < -0.39 is 0 Å². The van der Waals surface area contributed by atoms with Gasteiger partial charge in [-0.05, 0) is 51.7 Å². The van der Waals surface area contributed by atoms with Gasteiger partial charge in [0.2, 0.25) is 5.91 Å². The molecule has 9 heteroatoms. The summed E-state index contributed by atoms with van der Waals surface area (Å²) in [6.45, 7) is 8.71. The summed E-state index contributed by atoms with van der Waals surface area (Å²) in [4.78, 5) is 24.9. The maximum absolute atomic E-state index is 12.5. The van der Waals surface area contributed by atoms with Crippen molar-refractivity contribution in [3.8, 4) is 0 Å². The number of thioether (sulfide) groups is 1. The van der Waals surface area contributed by atoms with E-state index in [-0.39, 0.29) is 24.1 Å². The molecule has 1 heterocycles. The third-order valence-electron chi connectivity index (χ3n) is 4.82. The largest absolute Gasteiger partial charge is 0.345 e. The Balaban J connectivity index is 1.59. The molecule has 0 spiro atoms. The number of amides is 2. The van der Waals surface area contributed by atoms with Crippen LogP contribution >= 0.6 is 27.7 Å². The molecule has 0 aliphatic heterocycles. The Morgan fingerprint density at radius 2 is 1.88 bits per heavy atom. The number of allylic oxidation sites excluding steroid dienone is 1. The molecule has 0 unspecified atom stereocenters. The molecule has 0 atom stereocenters. The van der Waals surface area contributed by atoms with E-state index in [1.165, 1.54) is 17.3 Å². The van der Waals surface area contributed by atoms with Crippen LogP contribution in [0, 0.1) is 0 Å². The lowest BCUT2D eigenvalue weighted by Gasteiger charge is -2.10. The third-order valence-corrected chi connectivity index (χ3v) is 6.48. The lowest BCUT2D eigenvalue weighted by atomic mass is 10.0. The van der Waals surface area contributed by atoms with Gasteiger partial charge in [-0.3, -0.25) is 9.59 Å². The van der Waals surface area contributed by atoms with Gasteiger partial charge < -0.3 is 15.2 Å². The standard InChI is InChI=1S/C24H26BrN5O2S/c1-4-13-30-21(14-26-23(32)19-7-5-6-8-20(19)25)28-29-24(30)33-15-22(31)27-18-11-9-17(10-12-18)16(2)3/h4-12,16H,1,13-15H2,2-3H3,(H,26,32)(H,27,31). The molecule has 33 heavy (non-hydrogen) atoms. The molecule has 2 aromatic carbocycles. The molecule has 172 valence electrons. The maximum atomic E-state index is 12.5. The molecule has 3 rings (SSSR count). The van der Waals surface area contributed by atoms with Crippen molar-refractivity contribution >= 4 is 45.2 Å². The zero-order valence-corrected chi connectivity index (χ0v) is 20.9. The van der Waals surface area contributed by atoms with Crippen LogP contribution in [0.5, 0.6) is 0 Å². The van der Waals surface area contributed by atoms with Crippen molar-refractivity contribution in [2.24, 2.45) is 0 Å². The summed E-state index contributed by atoms with van der Waals surface area (Å²) >= 11 is 4.67. The van der Waals surface area contributed by atoms with Crippen molar-refractivity contribution in [2.45, 2.75) is 38.0 Å². The number of anilines is 1. The zero-order valence-electron chi connectivity index (χ0n) is 18.5. The van der Waals surface area contributed by atoms with E-state index >= 15 is 0 Å². The van der Waals surface area contributed by atoms with Crippen molar-refractivity contribution in [3.63, 3.8) is 0 Å². The van der Waals surface area contributed by atoms with E-state index in [0.29, 0.717) is 29.0 Å². The van der Waals surface area contributed by atoms with Gasteiger partial charge in [0.15, 0.2) is 11.0 Å². The highest BCUT2D eigenvalue weighted by Gasteiger charge is 2.16. The van der Waals surface area contributed by atoms with Gasteiger partial charge in [-0.2, -0.15) is 0 Å². The van der Waals surface area contributed by atoms with Gasteiger partial charge in [-0.15, -0.1) is 16.8 Å². The Labute approximate surface area is 206 Å². The summed E-state index contributed by atoms with van der Waals surface area (Å²) in [7, 11) is 0. The first-order valence-electron chi connectivity index (χ1n) is 10.5. The van der Waals surface area contributed by atoms with E-state index in [9.17, 15) is 9.59 Å². The van der Waals surface area contributed by atoms with Crippen LogP contribution in [-0.2, 0) is 17.9 Å². The van der Waals surface area contributed by atoms with E-state index in [0.717, 1.165) is 10.2 Å². The summed E-state index contributed by atoms with van der Waals surface area (Å²) < 4.78 is 2.55. The minimum absolute atomic E-state index is 0.130. The van der Waals surface area contributed by atoms with E-state index in [2.05, 4.69) is 57.2 Å². The molecular weight excluding hydrogens is 502 g/mol. The normalized spacial score (nSPS) is 10.8. The molecular formula is C24H26BrN5O2S. The number of carbonyl (C=O) groups is 2. The van der Waals surface area contributed by atoms with E-state index in [4.69, 9.17) is 0 Å². The summed E-state index contributed by atoms with van der Waals surface area (Å²) in [6.07, 6.45) is 1.73. The predicted molar refractivity (Wildman–Crippen MR) is 135 cm³/mol. The number of halogens is 1. The number of nitrogens with zero attached hydrogens (tertiary/aromatic N) is 3. The van der Waals surface area contributed by atoms with Crippen LogP contribution in [0.25, 0.3) is 0 Å². The molecule has 0 radical (unpaired) electrons. The Morgan fingerprint density at radius 1 is 1.15 bits per heavy atom. The number of rotatable bonds is 10. The Bertz CT molecular complexity index is 1130. The summed E-state index contributed by atoms with van der Waals surface area (Å²) in [5.41, 5.74) is 2.52. The van der Waals surface area contributed by atoms with Crippen LogP contribution in [0.1, 0.15) is 41.5 Å². The minimum atomic E-state index is -0.215. The number of hydrogen-bond donors (Lipinski definition) is 2. The second-order valence-corrected chi connectivity index (χ2v) is 9.37. The first-order chi connectivity index (χ1) is 15.9. The molecule has 0 saturated heterocycles. The lowest BCUT2D eigenvalue weighted by molar-refractivity contribution is -0.113. The number of aromatic nitrogens is 3. The van der Waals surface area contributed by atoms with Crippen LogP contribution in [0.4, 0.5) is 5.69 Å². The average molecular weight is 528 g/mol.